The van der Waals surface area contributed by atoms with E-state index in [1.165, 1.54) is 0 Å². The van der Waals surface area contributed by atoms with Gasteiger partial charge in [-0.1, -0.05) is 47.5 Å². The molecule has 2 aromatic carbocycles. The van der Waals surface area contributed by atoms with Crippen molar-refractivity contribution in [2.45, 2.75) is 6.92 Å². The van der Waals surface area contributed by atoms with Gasteiger partial charge in [-0.2, -0.15) is 14.9 Å². The summed E-state index contributed by atoms with van der Waals surface area (Å²) < 4.78 is 2.06. The number of halogens is 1. The number of hydrogen-bond donors (Lipinski definition) is 1. The topological polar surface area (TPSA) is 46.0 Å². The number of hydrogen-bond acceptors (Lipinski definition) is 3. The Balaban J connectivity index is 1.99. The molecule has 6 heteroatoms. The molecule has 0 aliphatic carbocycles. The van der Waals surface area contributed by atoms with Gasteiger partial charge in [-0.25, -0.2) is 5.10 Å². The summed E-state index contributed by atoms with van der Waals surface area (Å²) in [6.07, 6.45) is 1.72. The van der Waals surface area contributed by atoms with E-state index in [4.69, 9.17) is 23.8 Å². The van der Waals surface area contributed by atoms with E-state index in [0.29, 0.717) is 15.6 Å². The zero-order chi connectivity index (χ0) is 15.5. The molecule has 0 amide bonds. The van der Waals surface area contributed by atoms with Gasteiger partial charge < -0.3 is 0 Å². The number of aromatic amines is 1. The predicted octanol–water partition coefficient (Wildman–Crippen LogP) is 4.45. The van der Waals surface area contributed by atoms with Gasteiger partial charge in [-0.05, 0) is 42.9 Å². The van der Waals surface area contributed by atoms with Crippen molar-refractivity contribution in [2.75, 3.05) is 0 Å². The predicted molar refractivity (Wildman–Crippen MR) is 92.0 cm³/mol. The summed E-state index contributed by atoms with van der Waals surface area (Å²) in [5.74, 6) is 0.680. The highest BCUT2D eigenvalue weighted by molar-refractivity contribution is 7.71. The number of aromatic nitrogens is 3. The SMILES string of the molecule is Cc1cccc(-c2n[nH]c(=S)n2/N=C/c2ccc(Cl)cc2)c1. The van der Waals surface area contributed by atoms with Crippen LogP contribution in [0, 0.1) is 11.7 Å². The maximum absolute atomic E-state index is 5.88. The Morgan fingerprint density at radius 2 is 2.00 bits per heavy atom. The third-order valence-electron chi connectivity index (χ3n) is 3.12. The van der Waals surface area contributed by atoms with Crippen LogP contribution in [0.4, 0.5) is 0 Å². The first-order valence-corrected chi connectivity index (χ1v) is 7.46. The van der Waals surface area contributed by atoms with Crippen molar-refractivity contribution in [1.29, 1.82) is 0 Å². The van der Waals surface area contributed by atoms with Gasteiger partial charge in [0.1, 0.15) is 0 Å². The summed E-state index contributed by atoms with van der Waals surface area (Å²) in [7, 11) is 0. The maximum atomic E-state index is 5.88. The van der Waals surface area contributed by atoms with Gasteiger partial charge >= 0.3 is 0 Å². The minimum Gasteiger partial charge on any atom is -0.250 e. The van der Waals surface area contributed by atoms with Gasteiger partial charge in [0.05, 0.1) is 6.21 Å². The molecule has 0 bridgehead atoms. The van der Waals surface area contributed by atoms with Crippen LogP contribution in [0.3, 0.4) is 0 Å². The molecule has 3 rings (SSSR count). The lowest BCUT2D eigenvalue weighted by molar-refractivity contribution is 0.871. The van der Waals surface area contributed by atoms with Crippen LogP contribution in [0.1, 0.15) is 11.1 Å². The van der Waals surface area contributed by atoms with E-state index in [2.05, 4.69) is 15.3 Å². The van der Waals surface area contributed by atoms with Crippen LogP contribution in [-0.2, 0) is 0 Å². The van der Waals surface area contributed by atoms with Crippen molar-refractivity contribution < 1.29 is 0 Å². The lowest BCUT2D eigenvalue weighted by Crippen LogP contribution is -1.95. The Morgan fingerprint density at radius 3 is 2.73 bits per heavy atom. The molecule has 1 heterocycles. The average Bonchev–Trinajstić information content (AvgIpc) is 2.88. The Hall–Kier alpha value is -2.24. The Morgan fingerprint density at radius 1 is 1.23 bits per heavy atom. The van der Waals surface area contributed by atoms with E-state index < -0.39 is 0 Å². The molecule has 3 aromatic rings. The van der Waals surface area contributed by atoms with Crippen molar-refractivity contribution in [3.05, 3.63) is 69.5 Å². The van der Waals surface area contributed by atoms with Crippen molar-refractivity contribution in [3.8, 4) is 11.4 Å². The Kier molecular flexibility index (Phi) is 4.18. The molecule has 0 aliphatic heterocycles. The molecule has 0 saturated carbocycles. The highest BCUT2D eigenvalue weighted by atomic mass is 35.5. The first kappa shape index (κ1) is 14.7. The van der Waals surface area contributed by atoms with Crippen LogP contribution >= 0.6 is 23.8 Å². The standard InChI is InChI=1S/C16H13ClN4S/c1-11-3-2-4-13(9-11)15-19-20-16(22)21(15)18-10-12-5-7-14(17)8-6-12/h2-10H,1H3,(H,20,22)/b18-10+. The van der Waals surface area contributed by atoms with E-state index in [9.17, 15) is 0 Å². The van der Waals surface area contributed by atoms with Crippen LogP contribution in [-0.4, -0.2) is 21.1 Å². The number of aryl methyl sites for hydroxylation is 1. The van der Waals surface area contributed by atoms with Gasteiger partial charge in [0, 0.05) is 10.6 Å². The van der Waals surface area contributed by atoms with Gasteiger partial charge in [0.15, 0.2) is 5.82 Å². The molecule has 1 N–H and O–H groups in total. The highest BCUT2D eigenvalue weighted by Gasteiger charge is 2.07. The number of benzene rings is 2. The summed E-state index contributed by atoms with van der Waals surface area (Å²) >= 11 is 11.1. The molecule has 0 aliphatic rings. The molecule has 0 fully saturated rings. The first-order valence-electron chi connectivity index (χ1n) is 6.68. The van der Waals surface area contributed by atoms with Crippen LogP contribution in [0.5, 0.6) is 0 Å². The molecule has 110 valence electrons. The second-order valence-electron chi connectivity index (χ2n) is 4.83. The zero-order valence-corrected chi connectivity index (χ0v) is 13.4. The van der Waals surface area contributed by atoms with E-state index in [0.717, 1.165) is 16.7 Å². The van der Waals surface area contributed by atoms with Crippen molar-refractivity contribution in [1.82, 2.24) is 14.9 Å². The van der Waals surface area contributed by atoms with Crippen molar-refractivity contribution >= 4 is 30.0 Å². The molecule has 0 unspecified atom stereocenters. The van der Waals surface area contributed by atoms with Gasteiger partial charge in [0.2, 0.25) is 4.77 Å². The molecule has 0 radical (unpaired) electrons. The minimum absolute atomic E-state index is 0.446. The number of rotatable bonds is 3. The van der Waals surface area contributed by atoms with Crippen LogP contribution in [0.15, 0.2) is 53.6 Å². The lowest BCUT2D eigenvalue weighted by atomic mass is 10.1. The molecule has 0 saturated heterocycles. The fourth-order valence-electron chi connectivity index (χ4n) is 2.04. The summed E-state index contributed by atoms with van der Waals surface area (Å²) in [6.45, 7) is 2.03. The van der Waals surface area contributed by atoms with Crippen LogP contribution < -0.4 is 0 Å². The monoisotopic (exact) mass is 328 g/mol. The molecule has 1 aromatic heterocycles. The lowest BCUT2D eigenvalue weighted by Gasteiger charge is -2.02. The molecule has 22 heavy (non-hydrogen) atoms. The largest absolute Gasteiger partial charge is 0.250 e. The van der Waals surface area contributed by atoms with E-state index in [1.54, 1.807) is 10.9 Å². The fraction of sp³-hybridized carbons (Fsp3) is 0.0625. The number of nitrogens with zero attached hydrogens (tertiary/aromatic N) is 3. The molecule has 0 atom stereocenters. The molecular formula is C16H13ClN4S. The quantitative estimate of drug-likeness (QED) is 0.570. The maximum Gasteiger partial charge on any atom is 0.216 e. The van der Waals surface area contributed by atoms with E-state index >= 15 is 0 Å². The highest BCUT2D eigenvalue weighted by Crippen LogP contribution is 2.18. The van der Waals surface area contributed by atoms with Crippen LogP contribution in [0.25, 0.3) is 11.4 Å². The summed E-state index contributed by atoms with van der Waals surface area (Å²) in [6, 6.07) is 15.5. The Bertz CT molecular complexity index is 878. The number of H-pyrrole nitrogens is 1. The fourth-order valence-corrected chi connectivity index (χ4v) is 2.35. The minimum atomic E-state index is 0.446. The van der Waals surface area contributed by atoms with Crippen LogP contribution in [0.2, 0.25) is 5.02 Å². The zero-order valence-electron chi connectivity index (χ0n) is 11.8. The molecular weight excluding hydrogens is 316 g/mol. The van der Waals surface area contributed by atoms with Gasteiger partial charge in [-0.15, -0.1) is 0 Å². The van der Waals surface area contributed by atoms with Gasteiger partial charge in [0.25, 0.3) is 0 Å². The van der Waals surface area contributed by atoms with Gasteiger partial charge in [-0.3, -0.25) is 0 Å². The number of nitrogens with one attached hydrogen (secondary N) is 1. The third-order valence-corrected chi connectivity index (χ3v) is 3.64. The summed E-state index contributed by atoms with van der Waals surface area (Å²) in [4.78, 5) is 0. The summed E-state index contributed by atoms with van der Waals surface area (Å²) in [5.41, 5.74) is 3.04. The van der Waals surface area contributed by atoms with E-state index in [-0.39, 0.29) is 0 Å². The van der Waals surface area contributed by atoms with Crippen molar-refractivity contribution in [2.24, 2.45) is 5.10 Å². The average molecular weight is 329 g/mol. The van der Waals surface area contributed by atoms with Crippen molar-refractivity contribution in [3.63, 3.8) is 0 Å². The smallest absolute Gasteiger partial charge is 0.216 e. The Labute approximate surface area is 138 Å². The third kappa shape index (κ3) is 3.16. The van der Waals surface area contributed by atoms with E-state index in [1.807, 2.05) is 55.5 Å². The normalized spacial score (nSPS) is 11.2. The summed E-state index contributed by atoms with van der Waals surface area (Å²) in [5, 5.41) is 12.2. The first-order chi connectivity index (χ1) is 10.6. The molecule has 0 spiro atoms. The second kappa shape index (κ2) is 6.25. The second-order valence-corrected chi connectivity index (χ2v) is 5.65. The molecule has 4 nitrogen and oxygen atoms in total.